The summed E-state index contributed by atoms with van der Waals surface area (Å²) in [5.41, 5.74) is 2.38. The largest absolute Gasteiger partial charge is 0.344 e. The lowest BCUT2D eigenvalue weighted by Gasteiger charge is -2.16. The van der Waals surface area contributed by atoms with Crippen molar-refractivity contribution in [2.75, 3.05) is 23.8 Å². The first kappa shape index (κ1) is 17.9. The molecule has 1 N–H and O–H groups in total. The van der Waals surface area contributed by atoms with Crippen LogP contribution in [-0.4, -0.2) is 29.5 Å². The fraction of sp³-hybridized carbons (Fsp3) is 0.421. The van der Waals surface area contributed by atoms with Crippen molar-refractivity contribution in [1.29, 1.82) is 0 Å². The molecule has 128 valence electrons. The molecule has 2 rings (SSSR count). The van der Waals surface area contributed by atoms with Crippen molar-refractivity contribution in [3.05, 3.63) is 47.8 Å². The van der Waals surface area contributed by atoms with Crippen molar-refractivity contribution in [2.24, 2.45) is 0 Å². The molecule has 1 heterocycles. The number of amides is 1. The molecule has 1 aromatic carbocycles. The molecule has 0 spiro atoms. The number of nitrogens with zero attached hydrogens (tertiary/aromatic N) is 3. The summed E-state index contributed by atoms with van der Waals surface area (Å²) in [6.45, 7) is 7.30. The van der Waals surface area contributed by atoms with Crippen LogP contribution in [0.3, 0.4) is 0 Å². The Morgan fingerprint density at radius 1 is 1.21 bits per heavy atom. The van der Waals surface area contributed by atoms with E-state index in [1.807, 2.05) is 36.2 Å². The molecule has 0 fully saturated rings. The Bertz CT molecular complexity index is 667. The number of hydrogen-bond acceptors (Lipinski definition) is 4. The molecule has 0 atom stereocenters. The van der Waals surface area contributed by atoms with Gasteiger partial charge in [-0.15, -0.1) is 0 Å². The Balaban J connectivity index is 2.06. The zero-order valence-corrected chi connectivity index (χ0v) is 14.9. The molecule has 0 saturated carbocycles. The van der Waals surface area contributed by atoms with Gasteiger partial charge in [-0.2, -0.15) is 0 Å². The van der Waals surface area contributed by atoms with Crippen molar-refractivity contribution in [1.82, 2.24) is 9.97 Å². The number of carbonyl (C=O) groups is 1. The second-order valence-corrected chi connectivity index (χ2v) is 6.25. The molecule has 0 unspecified atom stereocenters. The maximum atomic E-state index is 12.4. The summed E-state index contributed by atoms with van der Waals surface area (Å²) in [6.07, 6.45) is 3.80. The van der Waals surface area contributed by atoms with E-state index in [1.165, 1.54) is 5.56 Å². The topological polar surface area (TPSA) is 58.1 Å². The minimum atomic E-state index is -0.222. The molecule has 0 bridgehead atoms. The minimum absolute atomic E-state index is 0.222. The summed E-state index contributed by atoms with van der Waals surface area (Å²) >= 11 is 0. The van der Waals surface area contributed by atoms with E-state index in [-0.39, 0.29) is 5.91 Å². The quantitative estimate of drug-likeness (QED) is 0.832. The van der Waals surface area contributed by atoms with Crippen LogP contribution in [0.4, 0.5) is 11.6 Å². The van der Waals surface area contributed by atoms with Crippen LogP contribution in [0.15, 0.2) is 36.5 Å². The lowest BCUT2D eigenvalue weighted by molar-refractivity contribution is 0.102. The van der Waals surface area contributed by atoms with Gasteiger partial charge in [-0.25, -0.2) is 9.97 Å². The van der Waals surface area contributed by atoms with E-state index in [1.54, 1.807) is 12.3 Å². The highest BCUT2D eigenvalue weighted by Gasteiger charge is 2.11. The zero-order chi connectivity index (χ0) is 17.5. The molecule has 0 radical (unpaired) electrons. The number of anilines is 2. The highest BCUT2D eigenvalue weighted by molar-refractivity contribution is 6.02. The first-order valence-electron chi connectivity index (χ1n) is 8.46. The zero-order valence-electron chi connectivity index (χ0n) is 14.9. The van der Waals surface area contributed by atoms with Crippen LogP contribution in [-0.2, 0) is 0 Å². The Morgan fingerprint density at radius 2 is 1.92 bits per heavy atom. The van der Waals surface area contributed by atoms with Crippen molar-refractivity contribution in [3.8, 4) is 0 Å². The summed E-state index contributed by atoms with van der Waals surface area (Å²) in [4.78, 5) is 23.0. The van der Waals surface area contributed by atoms with E-state index in [4.69, 9.17) is 0 Å². The van der Waals surface area contributed by atoms with E-state index < -0.39 is 0 Å². The van der Waals surface area contributed by atoms with Crippen LogP contribution in [0.2, 0.25) is 0 Å². The van der Waals surface area contributed by atoms with Gasteiger partial charge in [-0.05, 0) is 36.1 Å². The second-order valence-electron chi connectivity index (χ2n) is 6.25. The van der Waals surface area contributed by atoms with E-state index >= 15 is 0 Å². The van der Waals surface area contributed by atoms with Gasteiger partial charge in [0.25, 0.3) is 5.91 Å². The second kappa shape index (κ2) is 8.43. The van der Waals surface area contributed by atoms with E-state index in [9.17, 15) is 4.79 Å². The smallest absolute Gasteiger partial charge is 0.274 e. The van der Waals surface area contributed by atoms with Gasteiger partial charge in [0.05, 0.1) is 0 Å². The predicted octanol–water partition coefficient (Wildman–Crippen LogP) is 4.09. The predicted molar refractivity (Wildman–Crippen MR) is 98.7 cm³/mol. The highest BCUT2D eigenvalue weighted by atomic mass is 16.1. The third kappa shape index (κ3) is 4.78. The van der Waals surface area contributed by atoms with Crippen molar-refractivity contribution in [3.63, 3.8) is 0 Å². The Hall–Kier alpha value is -2.43. The summed E-state index contributed by atoms with van der Waals surface area (Å²) in [5.74, 6) is 0.823. The maximum absolute atomic E-state index is 12.4. The van der Waals surface area contributed by atoms with E-state index in [0.717, 1.165) is 25.1 Å². The molecule has 0 aliphatic carbocycles. The number of benzene rings is 1. The summed E-state index contributed by atoms with van der Waals surface area (Å²) < 4.78 is 0. The molecule has 0 saturated heterocycles. The van der Waals surface area contributed by atoms with Gasteiger partial charge in [0.15, 0.2) is 0 Å². The lowest BCUT2D eigenvalue weighted by Crippen LogP contribution is -2.22. The SMILES string of the molecule is CCCCN(C)c1nccc(C(=O)Nc2ccc(C(C)C)cc2)n1. The summed E-state index contributed by atoms with van der Waals surface area (Å²) in [6, 6.07) is 9.54. The molecular weight excluding hydrogens is 300 g/mol. The van der Waals surface area contributed by atoms with Gasteiger partial charge in [-0.3, -0.25) is 4.79 Å². The fourth-order valence-corrected chi connectivity index (χ4v) is 2.30. The van der Waals surface area contributed by atoms with Crippen LogP contribution in [0.25, 0.3) is 0 Å². The van der Waals surface area contributed by atoms with Gasteiger partial charge in [0, 0.05) is 25.5 Å². The van der Waals surface area contributed by atoms with Gasteiger partial charge >= 0.3 is 0 Å². The Kier molecular flexibility index (Phi) is 6.29. The van der Waals surface area contributed by atoms with Gasteiger partial charge < -0.3 is 10.2 Å². The van der Waals surface area contributed by atoms with Crippen molar-refractivity contribution in [2.45, 2.75) is 39.5 Å². The molecule has 2 aromatic rings. The summed E-state index contributed by atoms with van der Waals surface area (Å²) in [7, 11) is 1.94. The summed E-state index contributed by atoms with van der Waals surface area (Å²) in [5, 5.41) is 2.89. The number of nitrogens with one attached hydrogen (secondary N) is 1. The van der Waals surface area contributed by atoms with Crippen LogP contribution in [0, 0.1) is 0 Å². The molecule has 5 nitrogen and oxygen atoms in total. The number of carbonyl (C=O) groups excluding carboxylic acids is 1. The number of hydrogen-bond donors (Lipinski definition) is 1. The average molecular weight is 326 g/mol. The normalized spacial score (nSPS) is 10.7. The van der Waals surface area contributed by atoms with E-state index in [2.05, 4.69) is 36.1 Å². The maximum Gasteiger partial charge on any atom is 0.274 e. The van der Waals surface area contributed by atoms with Crippen LogP contribution in [0.5, 0.6) is 0 Å². The van der Waals surface area contributed by atoms with Crippen LogP contribution >= 0.6 is 0 Å². The number of unbranched alkanes of at least 4 members (excludes halogenated alkanes) is 1. The first-order chi connectivity index (χ1) is 11.5. The van der Waals surface area contributed by atoms with E-state index in [0.29, 0.717) is 17.6 Å². The molecule has 1 aromatic heterocycles. The van der Waals surface area contributed by atoms with Gasteiger partial charge in [0.1, 0.15) is 5.69 Å². The Morgan fingerprint density at radius 3 is 2.54 bits per heavy atom. The molecule has 5 heteroatoms. The van der Waals surface area contributed by atoms with Crippen molar-refractivity contribution < 1.29 is 4.79 Å². The third-order valence-electron chi connectivity index (χ3n) is 3.90. The van der Waals surface area contributed by atoms with Gasteiger partial charge in [-0.1, -0.05) is 39.3 Å². The highest BCUT2D eigenvalue weighted by Crippen LogP contribution is 2.17. The molecule has 1 amide bonds. The molecule has 24 heavy (non-hydrogen) atoms. The molecule has 0 aliphatic heterocycles. The van der Waals surface area contributed by atoms with Crippen LogP contribution < -0.4 is 10.2 Å². The lowest BCUT2D eigenvalue weighted by atomic mass is 10.0. The monoisotopic (exact) mass is 326 g/mol. The molecular formula is C19H26N4O. The Labute approximate surface area is 144 Å². The number of aromatic nitrogens is 2. The minimum Gasteiger partial charge on any atom is -0.344 e. The third-order valence-corrected chi connectivity index (χ3v) is 3.90. The standard InChI is InChI=1S/C19H26N4O/c1-5-6-13-23(4)19-20-12-11-17(22-19)18(24)21-16-9-7-15(8-10-16)14(2)3/h7-12,14H,5-6,13H2,1-4H3,(H,21,24). The van der Waals surface area contributed by atoms with Gasteiger partial charge in [0.2, 0.25) is 5.95 Å². The fourth-order valence-electron chi connectivity index (χ4n) is 2.30. The first-order valence-corrected chi connectivity index (χ1v) is 8.46. The van der Waals surface area contributed by atoms with Crippen molar-refractivity contribution >= 4 is 17.5 Å². The average Bonchev–Trinajstić information content (AvgIpc) is 2.60. The van der Waals surface area contributed by atoms with Crippen LogP contribution in [0.1, 0.15) is 55.6 Å². The molecule has 0 aliphatic rings. The number of rotatable bonds is 7.